The molecule has 0 spiro atoms. The van der Waals surface area contributed by atoms with Crippen LogP contribution >= 0.6 is 11.3 Å². The van der Waals surface area contributed by atoms with Crippen molar-refractivity contribution in [2.24, 2.45) is 0 Å². The van der Waals surface area contributed by atoms with E-state index in [0.29, 0.717) is 5.69 Å². The maximum Gasteiger partial charge on any atom is 0.121 e. The number of hydrogen-bond acceptors (Lipinski definition) is 5. The lowest BCUT2D eigenvalue weighted by molar-refractivity contribution is 0.415. The Kier molecular flexibility index (Phi) is 3.72. The monoisotopic (exact) mass is 263 g/mol. The van der Waals surface area contributed by atoms with E-state index in [1.165, 1.54) is 4.88 Å². The third-order valence-corrected chi connectivity index (χ3v) is 3.74. The second kappa shape index (κ2) is 5.27. The SMILES string of the molecule is COc1ccc(N)c(NC(C)c2ncc(C)s2)c1. The summed E-state index contributed by atoms with van der Waals surface area (Å²) in [6.07, 6.45) is 1.88. The summed E-state index contributed by atoms with van der Waals surface area (Å²) in [6, 6.07) is 5.70. The van der Waals surface area contributed by atoms with Crippen molar-refractivity contribution in [2.45, 2.75) is 19.9 Å². The van der Waals surface area contributed by atoms with Gasteiger partial charge in [-0.3, -0.25) is 0 Å². The van der Waals surface area contributed by atoms with E-state index in [9.17, 15) is 0 Å². The molecule has 96 valence electrons. The molecule has 0 aliphatic carbocycles. The highest BCUT2D eigenvalue weighted by molar-refractivity contribution is 7.11. The van der Waals surface area contributed by atoms with Crippen molar-refractivity contribution in [3.63, 3.8) is 0 Å². The smallest absolute Gasteiger partial charge is 0.121 e. The van der Waals surface area contributed by atoms with E-state index in [1.807, 2.05) is 31.3 Å². The van der Waals surface area contributed by atoms with E-state index < -0.39 is 0 Å². The van der Waals surface area contributed by atoms with Gasteiger partial charge in [-0.25, -0.2) is 4.98 Å². The number of nitrogen functional groups attached to an aromatic ring is 1. The summed E-state index contributed by atoms with van der Waals surface area (Å²) in [6.45, 7) is 4.12. The first kappa shape index (κ1) is 12.7. The molecule has 5 heteroatoms. The standard InChI is InChI=1S/C13H17N3OS/c1-8-7-15-13(18-8)9(2)16-12-6-10(17-3)4-5-11(12)14/h4-7,9,16H,14H2,1-3H3. The Labute approximate surface area is 111 Å². The Hall–Kier alpha value is -1.75. The molecular formula is C13H17N3OS. The van der Waals surface area contributed by atoms with Crippen molar-refractivity contribution < 1.29 is 4.74 Å². The fraction of sp³-hybridized carbons (Fsp3) is 0.308. The van der Waals surface area contributed by atoms with Crippen LogP contribution in [0.3, 0.4) is 0 Å². The number of nitrogens with one attached hydrogen (secondary N) is 1. The zero-order chi connectivity index (χ0) is 13.1. The molecule has 0 amide bonds. The van der Waals surface area contributed by atoms with Crippen LogP contribution in [-0.2, 0) is 0 Å². The molecule has 0 fully saturated rings. The van der Waals surface area contributed by atoms with Gasteiger partial charge in [0.15, 0.2) is 0 Å². The normalized spacial score (nSPS) is 12.2. The number of ether oxygens (including phenoxy) is 1. The van der Waals surface area contributed by atoms with Gasteiger partial charge in [-0.2, -0.15) is 0 Å². The Morgan fingerprint density at radius 3 is 2.83 bits per heavy atom. The maximum atomic E-state index is 5.94. The largest absolute Gasteiger partial charge is 0.497 e. The van der Waals surface area contributed by atoms with Crippen molar-refractivity contribution in [1.82, 2.24) is 4.98 Å². The molecule has 1 unspecified atom stereocenters. The van der Waals surface area contributed by atoms with E-state index in [1.54, 1.807) is 18.4 Å². The van der Waals surface area contributed by atoms with E-state index in [2.05, 4.69) is 17.2 Å². The zero-order valence-corrected chi connectivity index (χ0v) is 11.5. The van der Waals surface area contributed by atoms with E-state index in [0.717, 1.165) is 16.4 Å². The van der Waals surface area contributed by atoms with E-state index >= 15 is 0 Å². The number of aryl methyl sites for hydroxylation is 1. The predicted molar refractivity (Wildman–Crippen MR) is 76.3 cm³/mol. The highest BCUT2D eigenvalue weighted by Crippen LogP contribution is 2.29. The van der Waals surface area contributed by atoms with Crippen molar-refractivity contribution in [3.05, 3.63) is 34.3 Å². The Bertz CT molecular complexity index is 539. The number of aromatic nitrogens is 1. The van der Waals surface area contributed by atoms with Crippen LogP contribution in [0, 0.1) is 6.92 Å². The minimum Gasteiger partial charge on any atom is -0.497 e. The molecule has 1 aromatic heterocycles. The van der Waals surface area contributed by atoms with Crippen LogP contribution in [0.4, 0.5) is 11.4 Å². The molecule has 18 heavy (non-hydrogen) atoms. The molecule has 0 saturated heterocycles. The third-order valence-electron chi connectivity index (χ3n) is 2.64. The fourth-order valence-corrected chi connectivity index (χ4v) is 2.43. The Morgan fingerprint density at radius 1 is 1.44 bits per heavy atom. The molecule has 0 saturated carbocycles. The fourth-order valence-electron chi connectivity index (χ4n) is 1.65. The van der Waals surface area contributed by atoms with Crippen LogP contribution in [0.15, 0.2) is 24.4 Å². The van der Waals surface area contributed by atoms with Crippen molar-refractivity contribution in [3.8, 4) is 5.75 Å². The quantitative estimate of drug-likeness (QED) is 0.831. The first-order valence-electron chi connectivity index (χ1n) is 5.72. The molecule has 0 aliphatic rings. The Morgan fingerprint density at radius 2 is 2.22 bits per heavy atom. The van der Waals surface area contributed by atoms with Gasteiger partial charge in [0.05, 0.1) is 24.5 Å². The maximum absolute atomic E-state index is 5.94. The molecule has 4 nitrogen and oxygen atoms in total. The predicted octanol–water partition coefficient (Wildman–Crippen LogP) is 3.22. The van der Waals surface area contributed by atoms with Crippen LogP contribution in [0.25, 0.3) is 0 Å². The van der Waals surface area contributed by atoms with Gasteiger partial charge >= 0.3 is 0 Å². The molecule has 2 rings (SSSR count). The van der Waals surface area contributed by atoms with Gasteiger partial charge in [0, 0.05) is 17.1 Å². The molecule has 1 aromatic carbocycles. The van der Waals surface area contributed by atoms with Gasteiger partial charge < -0.3 is 15.8 Å². The molecule has 2 aromatic rings. The summed E-state index contributed by atoms with van der Waals surface area (Å²) in [4.78, 5) is 5.57. The number of anilines is 2. The molecule has 1 atom stereocenters. The topological polar surface area (TPSA) is 60.2 Å². The van der Waals surface area contributed by atoms with Crippen LogP contribution in [-0.4, -0.2) is 12.1 Å². The number of thiazole rings is 1. The molecule has 0 aliphatic heterocycles. The van der Waals surface area contributed by atoms with Gasteiger partial charge in [-0.1, -0.05) is 0 Å². The lowest BCUT2D eigenvalue weighted by Gasteiger charge is -2.15. The molecule has 0 bridgehead atoms. The minimum atomic E-state index is 0.123. The molecule has 1 heterocycles. The lowest BCUT2D eigenvalue weighted by atomic mass is 10.2. The second-order valence-corrected chi connectivity index (χ2v) is 5.39. The van der Waals surface area contributed by atoms with Crippen LogP contribution in [0.5, 0.6) is 5.75 Å². The Balaban J connectivity index is 2.18. The molecular weight excluding hydrogens is 246 g/mol. The average Bonchev–Trinajstić information content (AvgIpc) is 2.79. The average molecular weight is 263 g/mol. The van der Waals surface area contributed by atoms with Gasteiger partial charge in [0.2, 0.25) is 0 Å². The van der Waals surface area contributed by atoms with Gasteiger partial charge in [0.25, 0.3) is 0 Å². The summed E-state index contributed by atoms with van der Waals surface area (Å²) < 4.78 is 5.19. The highest BCUT2D eigenvalue weighted by Gasteiger charge is 2.11. The van der Waals surface area contributed by atoms with Crippen LogP contribution in [0.2, 0.25) is 0 Å². The summed E-state index contributed by atoms with van der Waals surface area (Å²) in [7, 11) is 1.64. The molecule has 0 radical (unpaired) electrons. The number of nitrogens with zero attached hydrogens (tertiary/aromatic N) is 1. The minimum absolute atomic E-state index is 0.123. The van der Waals surface area contributed by atoms with Gasteiger partial charge in [-0.15, -0.1) is 11.3 Å². The number of rotatable bonds is 4. The lowest BCUT2D eigenvalue weighted by Crippen LogP contribution is -2.08. The third kappa shape index (κ3) is 2.73. The van der Waals surface area contributed by atoms with E-state index in [-0.39, 0.29) is 6.04 Å². The number of nitrogens with two attached hydrogens (primary N) is 1. The van der Waals surface area contributed by atoms with Crippen molar-refractivity contribution in [1.29, 1.82) is 0 Å². The van der Waals surface area contributed by atoms with Gasteiger partial charge in [0.1, 0.15) is 10.8 Å². The molecule has 3 N–H and O–H groups in total. The summed E-state index contributed by atoms with van der Waals surface area (Å²) in [5.74, 6) is 0.786. The van der Waals surface area contributed by atoms with E-state index in [4.69, 9.17) is 10.5 Å². The van der Waals surface area contributed by atoms with Crippen molar-refractivity contribution in [2.75, 3.05) is 18.2 Å². The number of methoxy groups -OCH3 is 1. The first-order chi connectivity index (χ1) is 8.60. The number of hydrogen-bond donors (Lipinski definition) is 2. The summed E-state index contributed by atoms with van der Waals surface area (Å²) >= 11 is 1.69. The second-order valence-electron chi connectivity index (χ2n) is 4.13. The number of benzene rings is 1. The zero-order valence-electron chi connectivity index (χ0n) is 10.7. The van der Waals surface area contributed by atoms with Crippen LogP contribution in [0.1, 0.15) is 22.9 Å². The van der Waals surface area contributed by atoms with Gasteiger partial charge in [-0.05, 0) is 26.0 Å². The van der Waals surface area contributed by atoms with Crippen molar-refractivity contribution >= 4 is 22.7 Å². The van der Waals surface area contributed by atoms with Crippen LogP contribution < -0.4 is 15.8 Å². The highest BCUT2D eigenvalue weighted by atomic mass is 32.1. The summed E-state index contributed by atoms with van der Waals surface area (Å²) in [5.41, 5.74) is 7.52. The first-order valence-corrected chi connectivity index (χ1v) is 6.54. The summed E-state index contributed by atoms with van der Waals surface area (Å²) in [5, 5.41) is 4.41.